The van der Waals surface area contributed by atoms with Crippen molar-refractivity contribution in [1.29, 1.82) is 0 Å². The molecule has 0 spiro atoms. The molecule has 0 saturated carbocycles. The van der Waals surface area contributed by atoms with Gasteiger partial charge in [-0.2, -0.15) is 43.9 Å². The average molecular weight is 500 g/mol. The Hall–Kier alpha value is -1.67. The highest BCUT2D eigenvalue weighted by molar-refractivity contribution is 9.10. The fraction of sp³-hybridized carbons (Fsp3) is 0.462. The highest BCUT2D eigenvalue weighted by Crippen LogP contribution is 2.58. The van der Waals surface area contributed by atoms with Crippen molar-refractivity contribution >= 4 is 27.5 Å². The van der Waals surface area contributed by atoms with E-state index in [2.05, 4.69) is 15.9 Å². The van der Waals surface area contributed by atoms with E-state index >= 15 is 0 Å². The van der Waals surface area contributed by atoms with Crippen LogP contribution in [0.25, 0.3) is 0 Å². The first-order valence-electron chi connectivity index (χ1n) is 6.58. The van der Waals surface area contributed by atoms with E-state index in [9.17, 15) is 57.5 Å². The molecule has 0 saturated heterocycles. The van der Waals surface area contributed by atoms with Crippen LogP contribution in [0.2, 0.25) is 0 Å². The molecule has 28 heavy (non-hydrogen) atoms. The summed E-state index contributed by atoms with van der Waals surface area (Å²) in [5, 5.41) is 1.00. The van der Waals surface area contributed by atoms with Crippen molar-refractivity contribution in [3.05, 3.63) is 28.7 Å². The summed E-state index contributed by atoms with van der Waals surface area (Å²) in [5.41, 5.74) is -0.692. The van der Waals surface area contributed by atoms with E-state index in [1.165, 1.54) is 6.07 Å². The second-order valence-corrected chi connectivity index (χ2v) is 6.10. The summed E-state index contributed by atoms with van der Waals surface area (Å²) in [4.78, 5) is 11.3. The molecule has 2 nitrogen and oxygen atoms in total. The zero-order chi connectivity index (χ0) is 22.3. The lowest BCUT2D eigenvalue weighted by Crippen LogP contribution is -2.70. The molecule has 0 atom stereocenters. The molecule has 0 fully saturated rings. The average Bonchev–Trinajstić information content (AvgIpc) is 2.53. The van der Waals surface area contributed by atoms with Gasteiger partial charge in [-0.1, -0.05) is 22.0 Å². The van der Waals surface area contributed by atoms with Gasteiger partial charge in [0.15, 0.2) is 0 Å². The monoisotopic (exact) mass is 499 g/mol. The number of hydrogen-bond acceptors (Lipinski definition) is 1. The Bertz CT molecular complexity index is 736. The first-order valence-corrected chi connectivity index (χ1v) is 7.37. The summed E-state index contributed by atoms with van der Waals surface area (Å²) >= 11 is 2.77. The highest BCUT2D eigenvalue weighted by atomic mass is 79.9. The number of anilines is 1. The number of amides is 1. The number of carbonyl (C=O) groups is 1. The third-order valence-electron chi connectivity index (χ3n) is 3.24. The molecule has 0 heterocycles. The smallest absolute Gasteiger partial charge is 0.321 e. The number of carbonyl (C=O) groups excluding carboxylic acids is 1. The van der Waals surface area contributed by atoms with Gasteiger partial charge in [0.25, 0.3) is 0 Å². The van der Waals surface area contributed by atoms with Crippen LogP contribution in [0.1, 0.15) is 0 Å². The van der Waals surface area contributed by atoms with Gasteiger partial charge >= 0.3 is 41.9 Å². The van der Waals surface area contributed by atoms with Crippen LogP contribution in [0.15, 0.2) is 28.7 Å². The van der Waals surface area contributed by atoms with Crippen LogP contribution in [0, 0.1) is 0 Å². The van der Waals surface area contributed by atoms with Gasteiger partial charge in [0, 0.05) is 10.2 Å². The van der Waals surface area contributed by atoms with Crippen molar-refractivity contribution < 1.29 is 57.5 Å². The molecule has 0 aliphatic heterocycles. The summed E-state index contributed by atoms with van der Waals surface area (Å²) in [6, 6.07) is 3.92. The van der Waals surface area contributed by atoms with Crippen molar-refractivity contribution in [2.75, 3.05) is 5.32 Å². The van der Waals surface area contributed by atoms with E-state index in [-0.39, 0.29) is 4.47 Å². The first kappa shape index (κ1) is 24.4. The van der Waals surface area contributed by atoms with Crippen LogP contribution < -0.4 is 5.32 Å². The number of rotatable bonds is 7. The standard InChI is InChI=1S/C13H6BrF12NO/c14-5-2-1-3-6(4-5)27-8(28)10(19,20)12(23,24)13(25,26)11(21,22)9(17,18)7(15)16/h1-4,7H,(H,27,28). The molecule has 160 valence electrons. The Morgan fingerprint density at radius 3 is 1.79 bits per heavy atom. The van der Waals surface area contributed by atoms with Crippen molar-refractivity contribution in [2.24, 2.45) is 0 Å². The van der Waals surface area contributed by atoms with E-state index in [0.29, 0.717) is 0 Å². The second kappa shape index (κ2) is 7.30. The van der Waals surface area contributed by atoms with Gasteiger partial charge in [0.2, 0.25) is 0 Å². The van der Waals surface area contributed by atoms with Gasteiger partial charge in [0.1, 0.15) is 0 Å². The minimum absolute atomic E-state index is 0.0776. The molecule has 15 heteroatoms. The summed E-state index contributed by atoms with van der Waals surface area (Å²) < 4.78 is 156. The number of benzene rings is 1. The molecule has 0 aliphatic carbocycles. The maximum Gasteiger partial charge on any atom is 0.393 e. The summed E-state index contributed by atoms with van der Waals surface area (Å²) in [6.45, 7) is 0. The summed E-state index contributed by atoms with van der Waals surface area (Å²) in [6.07, 6.45) is -5.60. The van der Waals surface area contributed by atoms with E-state index in [0.717, 1.165) is 23.5 Å². The second-order valence-electron chi connectivity index (χ2n) is 5.19. The Kier molecular flexibility index (Phi) is 6.35. The number of alkyl halides is 12. The third kappa shape index (κ3) is 3.64. The molecule has 0 unspecified atom stereocenters. The van der Waals surface area contributed by atoms with Crippen molar-refractivity contribution in [3.63, 3.8) is 0 Å². The SMILES string of the molecule is O=C(Nc1cccc(Br)c1)C(F)(F)C(F)(F)C(F)(F)C(F)(F)C(F)(F)C(F)F. The molecule has 1 rings (SSSR count). The van der Waals surface area contributed by atoms with Gasteiger partial charge in [0.05, 0.1) is 0 Å². The molecular weight excluding hydrogens is 494 g/mol. The van der Waals surface area contributed by atoms with E-state index in [1.807, 2.05) is 0 Å². The molecule has 1 aromatic carbocycles. The molecule has 1 aromatic rings. The minimum Gasteiger partial charge on any atom is -0.321 e. The van der Waals surface area contributed by atoms with E-state index < -0.39 is 47.6 Å². The Balaban J connectivity index is 3.34. The molecule has 1 N–H and O–H groups in total. The van der Waals surface area contributed by atoms with Gasteiger partial charge < -0.3 is 5.32 Å². The summed E-state index contributed by atoms with van der Waals surface area (Å²) in [5.74, 6) is -40.0. The van der Waals surface area contributed by atoms with Gasteiger partial charge in [-0.05, 0) is 18.2 Å². The van der Waals surface area contributed by atoms with Crippen LogP contribution >= 0.6 is 15.9 Å². The maximum absolute atomic E-state index is 13.6. The number of hydrogen-bond donors (Lipinski definition) is 1. The third-order valence-corrected chi connectivity index (χ3v) is 3.74. The van der Waals surface area contributed by atoms with Crippen LogP contribution in [0.5, 0.6) is 0 Å². The summed E-state index contributed by atoms with van der Waals surface area (Å²) in [7, 11) is 0. The lowest BCUT2D eigenvalue weighted by atomic mass is 9.94. The quantitative estimate of drug-likeness (QED) is 0.470. The zero-order valence-corrected chi connectivity index (χ0v) is 14.3. The fourth-order valence-corrected chi connectivity index (χ4v) is 2.06. The van der Waals surface area contributed by atoms with Gasteiger partial charge in [-0.15, -0.1) is 0 Å². The molecule has 1 amide bonds. The zero-order valence-electron chi connectivity index (χ0n) is 12.7. The van der Waals surface area contributed by atoms with Gasteiger partial charge in [-0.25, -0.2) is 8.78 Å². The minimum atomic E-state index is -7.75. The van der Waals surface area contributed by atoms with Crippen molar-refractivity contribution in [2.45, 2.75) is 36.0 Å². The Morgan fingerprint density at radius 1 is 0.857 bits per heavy atom. The maximum atomic E-state index is 13.6. The normalized spacial score (nSPS) is 14.4. The highest BCUT2D eigenvalue weighted by Gasteiger charge is 2.89. The fourth-order valence-electron chi connectivity index (χ4n) is 1.66. The first-order chi connectivity index (χ1) is 12.3. The molecular formula is C13H6BrF12NO. The van der Waals surface area contributed by atoms with Crippen LogP contribution in [0.4, 0.5) is 58.4 Å². The topological polar surface area (TPSA) is 29.1 Å². The number of nitrogens with one attached hydrogen (secondary N) is 1. The molecule has 0 radical (unpaired) electrons. The lowest BCUT2D eigenvalue weighted by Gasteiger charge is -2.38. The van der Waals surface area contributed by atoms with E-state index in [1.54, 1.807) is 0 Å². The van der Waals surface area contributed by atoms with Crippen LogP contribution in [-0.2, 0) is 4.79 Å². The van der Waals surface area contributed by atoms with Crippen LogP contribution in [0.3, 0.4) is 0 Å². The largest absolute Gasteiger partial charge is 0.393 e. The lowest BCUT2D eigenvalue weighted by molar-refractivity contribution is -0.406. The molecule has 0 bridgehead atoms. The Morgan fingerprint density at radius 2 is 1.36 bits per heavy atom. The van der Waals surface area contributed by atoms with Gasteiger partial charge in [-0.3, -0.25) is 4.79 Å². The molecule has 0 aromatic heterocycles. The predicted octanol–water partition coefficient (Wildman–Crippen LogP) is 5.83. The van der Waals surface area contributed by atoms with E-state index in [4.69, 9.17) is 0 Å². The number of halogens is 13. The van der Waals surface area contributed by atoms with Crippen molar-refractivity contribution in [3.8, 4) is 0 Å². The Labute approximate surface area is 156 Å². The van der Waals surface area contributed by atoms with Crippen molar-refractivity contribution in [1.82, 2.24) is 0 Å². The molecule has 0 aliphatic rings. The predicted molar refractivity (Wildman–Crippen MR) is 73.5 cm³/mol. The van der Waals surface area contributed by atoms with Crippen LogP contribution in [-0.4, -0.2) is 41.9 Å².